The zero-order valence-corrected chi connectivity index (χ0v) is 8.43. The van der Waals surface area contributed by atoms with Gasteiger partial charge in [0.2, 0.25) is 0 Å². The van der Waals surface area contributed by atoms with Crippen LogP contribution in [0.25, 0.3) is 0 Å². The molecule has 1 aromatic heterocycles. The first-order chi connectivity index (χ1) is 7.77. The summed E-state index contributed by atoms with van der Waals surface area (Å²) in [4.78, 5) is 11.7. The number of carbonyl (C=O) groups is 1. The van der Waals surface area contributed by atoms with Gasteiger partial charge in [0, 0.05) is 12.6 Å². The average molecular weight is 216 g/mol. The van der Waals surface area contributed by atoms with Gasteiger partial charge in [-0.2, -0.15) is 5.10 Å². The third kappa shape index (κ3) is 2.28. The SMILES string of the molecule is O=C(Cc1ccccc1F)c1cccnn1. The van der Waals surface area contributed by atoms with Crippen molar-refractivity contribution in [2.75, 3.05) is 0 Å². The van der Waals surface area contributed by atoms with E-state index in [9.17, 15) is 9.18 Å². The second kappa shape index (κ2) is 4.61. The molecule has 1 aromatic carbocycles. The van der Waals surface area contributed by atoms with E-state index in [1.807, 2.05) is 0 Å². The van der Waals surface area contributed by atoms with Crippen molar-refractivity contribution in [1.29, 1.82) is 0 Å². The Hall–Kier alpha value is -2.10. The van der Waals surface area contributed by atoms with E-state index in [0.717, 1.165) is 0 Å². The Bertz CT molecular complexity index is 499. The van der Waals surface area contributed by atoms with Gasteiger partial charge in [-0.05, 0) is 23.8 Å². The number of rotatable bonds is 3. The Morgan fingerprint density at radius 2 is 2.00 bits per heavy atom. The summed E-state index contributed by atoms with van der Waals surface area (Å²) in [5.74, 6) is -0.613. The highest BCUT2D eigenvalue weighted by Gasteiger charge is 2.10. The standard InChI is InChI=1S/C12H9FN2O/c13-10-5-2-1-4-9(10)8-12(16)11-6-3-7-14-15-11/h1-7H,8H2. The van der Waals surface area contributed by atoms with Gasteiger partial charge in [-0.25, -0.2) is 4.39 Å². The van der Waals surface area contributed by atoms with Crippen molar-refractivity contribution < 1.29 is 9.18 Å². The number of hydrogen-bond acceptors (Lipinski definition) is 3. The summed E-state index contributed by atoms with van der Waals surface area (Å²) in [6.45, 7) is 0. The molecular formula is C12H9FN2O. The molecule has 0 atom stereocenters. The molecule has 80 valence electrons. The molecular weight excluding hydrogens is 207 g/mol. The molecule has 4 heteroatoms. The number of halogens is 1. The molecule has 2 rings (SSSR count). The van der Waals surface area contributed by atoms with Crippen molar-refractivity contribution in [3.05, 3.63) is 59.7 Å². The number of nitrogens with zero attached hydrogens (tertiary/aromatic N) is 2. The summed E-state index contributed by atoms with van der Waals surface area (Å²) >= 11 is 0. The van der Waals surface area contributed by atoms with Gasteiger partial charge in [0.25, 0.3) is 0 Å². The summed E-state index contributed by atoms with van der Waals surface area (Å²) in [7, 11) is 0. The van der Waals surface area contributed by atoms with Gasteiger partial charge in [-0.1, -0.05) is 18.2 Å². The normalized spacial score (nSPS) is 10.1. The molecule has 0 unspecified atom stereocenters. The summed E-state index contributed by atoms with van der Waals surface area (Å²) in [5, 5.41) is 7.29. The predicted molar refractivity (Wildman–Crippen MR) is 56.5 cm³/mol. The van der Waals surface area contributed by atoms with Crippen LogP contribution in [-0.2, 0) is 6.42 Å². The van der Waals surface area contributed by atoms with Crippen LogP contribution in [0.15, 0.2) is 42.6 Å². The van der Waals surface area contributed by atoms with E-state index in [1.54, 1.807) is 30.3 Å². The van der Waals surface area contributed by atoms with Crippen LogP contribution in [0.3, 0.4) is 0 Å². The predicted octanol–water partition coefficient (Wildman–Crippen LogP) is 2.04. The Morgan fingerprint density at radius 3 is 2.69 bits per heavy atom. The number of aromatic nitrogens is 2. The number of Topliss-reactive ketones (excluding diaryl/α,β-unsaturated/α-hetero) is 1. The van der Waals surface area contributed by atoms with Gasteiger partial charge < -0.3 is 0 Å². The minimum absolute atomic E-state index is 0.00532. The summed E-state index contributed by atoms with van der Waals surface area (Å²) in [6, 6.07) is 9.40. The lowest BCUT2D eigenvalue weighted by molar-refractivity contribution is 0.0986. The van der Waals surface area contributed by atoms with E-state index < -0.39 is 0 Å². The van der Waals surface area contributed by atoms with Crippen molar-refractivity contribution in [2.45, 2.75) is 6.42 Å². The molecule has 3 nitrogen and oxygen atoms in total. The first-order valence-corrected chi connectivity index (χ1v) is 4.81. The molecule has 1 heterocycles. The monoisotopic (exact) mass is 216 g/mol. The maximum atomic E-state index is 13.3. The van der Waals surface area contributed by atoms with Gasteiger partial charge in [-0.3, -0.25) is 4.79 Å². The van der Waals surface area contributed by atoms with Crippen LogP contribution in [-0.4, -0.2) is 16.0 Å². The molecule has 0 bridgehead atoms. The molecule has 0 fully saturated rings. The molecule has 0 amide bonds. The topological polar surface area (TPSA) is 42.9 Å². The lowest BCUT2D eigenvalue weighted by Gasteiger charge is -2.01. The Kier molecular flexibility index (Phi) is 3.00. The van der Waals surface area contributed by atoms with Crippen LogP contribution in [0.2, 0.25) is 0 Å². The summed E-state index contributed by atoms with van der Waals surface area (Å²) < 4.78 is 13.3. The Labute approximate surface area is 92.0 Å². The lowest BCUT2D eigenvalue weighted by atomic mass is 10.1. The van der Waals surface area contributed by atoms with Gasteiger partial charge in [0.15, 0.2) is 5.78 Å². The first kappa shape index (κ1) is 10.4. The molecule has 2 aromatic rings. The Balaban J connectivity index is 2.18. The van der Waals surface area contributed by atoms with Crippen LogP contribution >= 0.6 is 0 Å². The summed E-state index contributed by atoms with van der Waals surface area (Å²) in [6.07, 6.45) is 1.49. The number of carbonyl (C=O) groups excluding carboxylic acids is 1. The molecule has 0 radical (unpaired) electrons. The lowest BCUT2D eigenvalue weighted by Crippen LogP contribution is -2.07. The van der Waals surface area contributed by atoms with Crippen molar-refractivity contribution in [1.82, 2.24) is 10.2 Å². The Morgan fingerprint density at radius 1 is 1.19 bits per heavy atom. The van der Waals surface area contributed by atoms with Crippen molar-refractivity contribution in [2.24, 2.45) is 0 Å². The first-order valence-electron chi connectivity index (χ1n) is 4.81. The van der Waals surface area contributed by atoms with E-state index in [2.05, 4.69) is 10.2 Å². The molecule has 0 saturated heterocycles. The number of hydrogen-bond donors (Lipinski definition) is 0. The molecule has 0 saturated carbocycles. The van der Waals surface area contributed by atoms with E-state index in [1.165, 1.54) is 12.3 Å². The number of benzene rings is 1. The van der Waals surface area contributed by atoms with E-state index in [0.29, 0.717) is 5.56 Å². The smallest absolute Gasteiger partial charge is 0.187 e. The second-order valence-corrected chi connectivity index (χ2v) is 3.30. The molecule has 0 aliphatic heterocycles. The van der Waals surface area contributed by atoms with Crippen molar-refractivity contribution >= 4 is 5.78 Å². The highest BCUT2D eigenvalue weighted by Crippen LogP contribution is 2.09. The molecule has 0 aliphatic rings. The van der Waals surface area contributed by atoms with Crippen LogP contribution in [0.5, 0.6) is 0 Å². The van der Waals surface area contributed by atoms with Crippen LogP contribution in [0, 0.1) is 5.82 Å². The third-order valence-electron chi connectivity index (χ3n) is 2.17. The number of ketones is 1. The molecule has 0 spiro atoms. The highest BCUT2D eigenvalue weighted by molar-refractivity contribution is 5.95. The zero-order chi connectivity index (χ0) is 11.4. The fraction of sp³-hybridized carbons (Fsp3) is 0.0833. The third-order valence-corrected chi connectivity index (χ3v) is 2.17. The minimum atomic E-state index is -0.375. The average Bonchev–Trinajstić information content (AvgIpc) is 2.33. The van der Waals surface area contributed by atoms with Crippen molar-refractivity contribution in [3.63, 3.8) is 0 Å². The fourth-order valence-corrected chi connectivity index (χ4v) is 1.36. The van der Waals surface area contributed by atoms with E-state index in [-0.39, 0.29) is 23.7 Å². The molecule has 0 N–H and O–H groups in total. The van der Waals surface area contributed by atoms with Gasteiger partial charge in [0.05, 0.1) is 0 Å². The quantitative estimate of drug-likeness (QED) is 0.737. The van der Waals surface area contributed by atoms with Gasteiger partial charge >= 0.3 is 0 Å². The zero-order valence-electron chi connectivity index (χ0n) is 8.43. The fourth-order valence-electron chi connectivity index (χ4n) is 1.36. The summed E-state index contributed by atoms with van der Waals surface area (Å²) in [5.41, 5.74) is 0.629. The van der Waals surface area contributed by atoms with Gasteiger partial charge in [0.1, 0.15) is 11.5 Å². The molecule has 0 aliphatic carbocycles. The second-order valence-electron chi connectivity index (χ2n) is 3.30. The highest BCUT2D eigenvalue weighted by atomic mass is 19.1. The maximum absolute atomic E-state index is 13.3. The van der Waals surface area contributed by atoms with Crippen molar-refractivity contribution in [3.8, 4) is 0 Å². The minimum Gasteiger partial charge on any atom is -0.292 e. The van der Waals surface area contributed by atoms with E-state index >= 15 is 0 Å². The molecule has 16 heavy (non-hydrogen) atoms. The van der Waals surface area contributed by atoms with Gasteiger partial charge in [-0.15, -0.1) is 5.10 Å². The van der Waals surface area contributed by atoms with Crippen LogP contribution in [0.4, 0.5) is 4.39 Å². The van der Waals surface area contributed by atoms with Crippen LogP contribution < -0.4 is 0 Å². The largest absolute Gasteiger partial charge is 0.292 e. The van der Waals surface area contributed by atoms with Crippen LogP contribution in [0.1, 0.15) is 16.1 Å². The maximum Gasteiger partial charge on any atom is 0.187 e. The van der Waals surface area contributed by atoms with E-state index in [4.69, 9.17) is 0 Å².